The highest BCUT2D eigenvalue weighted by molar-refractivity contribution is 8.00. The molecule has 0 spiro atoms. The van der Waals surface area contributed by atoms with Gasteiger partial charge in [-0.3, -0.25) is 4.79 Å². The number of carbonyl (C=O) groups is 1. The average Bonchev–Trinajstić information content (AvgIpc) is 2.47. The molecule has 0 saturated carbocycles. The van der Waals surface area contributed by atoms with Crippen molar-refractivity contribution in [2.45, 2.75) is 10.1 Å². The normalized spacial score (nSPS) is 11.9. The molecule has 98 valence electrons. The molecule has 0 bridgehead atoms. The van der Waals surface area contributed by atoms with E-state index in [0.717, 1.165) is 10.5 Å². The van der Waals surface area contributed by atoms with E-state index in [4.69, 9.17) is 16.3 Å². The fourth-order valence-electron chi connectivity index (χ4n) is 1.64. The SMILES string of the molecule is COC(=O)C(Sc1ccc(Cl)cc1)c1ccccc1. The van der Waals surface area contributed by atoms with Crippen molar-refractivity contribution in [1.29, 1.82) is 0 Å². The third-order valence-electron chi connectivity index (χ3n) is 2.59. The second-order valence-corrected chi connectivity index (χ2v) is 5.50. The van der Waals surface area contributed by atoms with Gasteiger partial charge in [0.2, 0.25) is 0 Å². The van der Waals surface area contributed by atoms with Gasteiger partial charge in [-0.2, -0.15) is 0 Å². The largest absolute Gasteiger partial charge is 0.468 e. The van der Waals surface area contributed by atoms with E-state index >= 15 is 0 Å². The Morgan fingerprint density at radius 2 is 1.74 bits per heavy atom. The number of hydrogen-bond acceptors (Lipinski definition) is 3. The van der Waals surface area contributed by atoms with Gasteiger partial charge in [0, 0.05) is 9.92 Å². The monoisotopic (exact) mass is 292 g/mol. The Kier molecular flexibility index (Phi) is 4.88. The van der Waals surface area contributed by atoms with Crippen LogP contribution in [0.1, 0.15) is 10.8 Å². The minimum atomic E-state index is -0.368. The highest BCUT2D eigenvalue weighted by Gasteiger charge is 2.22. The molecule has 0 N–H and O–H groups in total. The van der Waals surface area contributed by atoms with Crippen molar-refractivity contribution in [2.24, 2.45) is 0 Å². The molecular formula is C15H13ClO2S. The highest BCUT2D eigenvalue weighted by atomic mass is 35.5. The summed E-state index contributed by atoms with van der Waals surface area (Å²) in [5.41, 5.74) is 0.925. The first-order valence-electron chi connectivity index (χ1n) is 5.75. The van der Waals surface area contributed by atoms with Gasteiger partial charge in [-0.25, -0.2) is 0 Å². The molecule has 2 aromatic carbocycles. The van der Waals surface area contributed by atoms with Gasteiger partial charge in [-0.1, -0.05) is 41.9 Å². The van der Waals surface area contributed by atoms with Crippen LogP contribution >= 0.6 is 23.4 Å². The quantitative estimate of drug-likeness (QED) is 0.619. The Labute approximate surface area is 121 Å². The summed E-state index contributed by atoms with van der Waals surface area (Å²) >= 11 is 7.30. The molecule has 0 aliphatic rings. The van der Waals surface area contributed by atoms with Crippen LogP contribution in [0.5, 0.6) is 0 Å². The molecule has 1 atom stereocenters. The van der Waals surface area contributed by atoms with E-state index in [-0.39, 0.29) is 11.2 Å². The van der Waals surface area contributed by atoms with E-state index in [9.17, 15) is 4.79 Å². The standard InChI is InChI=1S/C15H13ClO2S/c1-18-15(17)14(11-5-3-2-4-6-11)19-13-9-7-12(16)8-10-13/h2-10,14H,1H3. The molecule has 0 aliphatic heterocycles. The number of carbonyl (C=O) groups excluding carboxylic acids is 1. The van der Waals surface area contributed by atoms with Crippen LogP contribution in [0.15, 0.2) is 59.5 Å². The van der Waals surface area contributed by atoms with Gasteiger partial charge in [0.1, 0.15) is 5.25 Å². The maximum atomic E-state index is 11.9. The lowest BCUT2D eigenvalue weighted by atomic mass is 10.1. The number of ether oxygens (including phenoxy) is 1. The predicted molar refractivity (Wildman–Crippen MR) is 78.5 cm³/mol. The number of methoxy groups -OCH3 is 1. The first-order valence-corrected chi connectivity index (χ1v) is 7.01. The number of thioether (sulfide) groups is 1. The van der Waals surface area contributed by atoms with Crippen LogP contribution in [0, 0.1) is 0 Å². The Balaban J connectivity index is 2.24. The number of hydrogen-bond donors (Lipinski definition) is 0. The average molecular weight is 293 g/mol. The van der Waals surface area contributed by atoms with Crippen LogP contribution in [-0.4, -0.2) is 13.1 Å². The zero-order valence-electron chi connectivity index (χ0n) is 10.4. The Hall–Kier alpha value is -1.45. The topological polar surface area (TPSA) is 26.3 Å². The van der Waals surface area contributed by atoms with Crippen molar-refractivity contribution < 1.29 is 9.53 Å². The van der Waals surface area contributed by atoms with Crippen LogP contribution in [0.4, 0.5) is 0 Å². The maximum absolute atomic E-state index is 11.9. The number of esters is 1. The van der Waals surface area contributed by atoms with Gasteiger partial charge >= 0.3 is 5.97 Å². The lowest BCUT2D eigenvalue weighted by molar-refractivity contribution is -0.140. The summed E-state index contributed by atoms with van der Waals surface area (Å²) in [7, 11) is 1.40. The Bertz CT molecular complexity index is 540. The van der Waals surface area contributed by atoms with Gasteiger partial charge in [0.15, 0.2) is 0 Å². The smallest absolute Gasteiger partial charge is 0.323 e. The van der Waals surface area contributed by atoms with Crippen molar-refractivity contribution >= 4 is 29.3 Å². The second kappa shape index (κ2) is 6.64. The zero-order valence-corrected chi connectivity index (χ0v) is 11.9. The van der Waals surface area contributed by atoms with Crippen LogP contribution in [0.3, 0.4) is 0 Å². The van der Waals surface area contributed by atoms with Crippen molar-refractivity contribution in [2.75, 3.05) is 7.11 Å². The van der Waals surface area contributed by atoms with E-state index in [0.29, 0.717) is 5.02 Å². The summed E-state index contributed by atoms with van der Waals surface area (Å²) in [6.45, 7) is 0. The summed E-state index contributed by atoms with van der Waals surface area (Å²) in [5, 5.41) is 0.311. The molecule has 4 heteroatoms. The molecule has 1 unspecified atom stereocenters. The van der Waals surface area contributed by atoms with Crippen molar-refractivity contribution in [3.05, 3.63) is 65.2 Å². The molecule has 2 nitrogen and oxygen atoms in total. The van der Waals surface area contributed by atoms with E-state index in [1.54, 1.807) is 0 Å². The summed E-state index contributed by atoms with van der Waals surface area (Å²) < 4.78 is 4.88. The molecule has 0 aromatic heterocycles. The lowest BCUT2D eigenvalue weighted by Crippen LogP contribution is -2.10. The molecular weight excluding hydrogens is 280 g/mol. The van der Waals surface area contributed by atoms with Crippen LogP contribution < -0.4 is 0 Å². The van der Waals surface area contributed by atoms with Gasteiger partial charge < -0.3 is 4.74 Å². The molecule has 0 saturated heterocycles. The van der Waals surface area contributed by atoms with E-state index in [1.807, 2.05) is 54.6 Å². The van der Waals surface area contributed by atoms with Crippen molar-refractivity contribution in [1.82, 2.24) is 0 Å². The Morgan fingerprint density at radius 1 is 1.11 bits per heavy atom. The third-order valence-corrected chi connectivity index (χ3v) is 4.08. The molecule has 0 fully saturated rings. The molecule has 0 heterocycles. The molecule has 2 rings (SSSR count). The number of halogens is 1. The highest BCUT2D eigenvalue weighted by Crippen LogP contribution is 2.36. The number of benzene rings is 2. The van der Waals surface area contributed by atoms with Crippen LogP contribution in [0.2, 0.25) is 5.02 Å². The molecule has 19 heavy (non-hydrogen) atoms. The first kappa shape index (κ1) is 14.0. The third kappa shape index (κ3) is 3.75. The van der Waals surface area contributed by atoms with Gasteiger partial charge in [0.05, 0.1) is 7.11 Å². The summed E-state index contributed by atoms with van der Waals surface area (Å²) in [6, 6.07) is 17.0. The molecule has 0 radical (unpaired) electrons. The van der Waals surface area contributed by atoms with E-state index in [2.05, 4.69) is 0 Å². The Morgan fingerprint density at radius 3 is 2.32 bits per heavy atom. The predicted octanol–water partition coefficient (Wildman–Crippen LogP) is 4.35. The first-order chi connectivity index (χ1) is 9.20. The van der Waals surface area contributed by atoms with E-state index < -0.39 is 0 Å². The van der Waals surface area contributed by atoms with Crippen molar-refractivity contribution in [3.8, 4) is 0 Å². The molecule has 0 amide bonds. The van der Waals surface area contributed by atoms with E-state index in [1.165, 1.54) is 18.9 Å². The van der Waals surface area contributed by atoms with Gasteiger partial charge in [0.25, 0.3) is 0 Å². The minimum Gasteiger partial charge on any atom is -0.468 e. The minimum absolute atomic E-state index is 0.258. The van der Waals surface area contributed by atoms with Crippen LogP contribution in [-0.2, 0) is 9.53 Å². The fourth-order valence-corrected chi connectivity index (χ4v) is 2.81. The second-order valence-electron chi connectivity index (χ2n) is 3.89. The van der Waals surface area contributed by atoms with Gasteiger partial charge in [-0.05, 0) is 29.8 Å². The van der Waals surface area contributed by atoms with Crippen molar-refractivity contribution in [3.63, 3.8) is 0 Å². The molecule has 0 aliphatic carbocycles. The summed E-state index contributed by atoms with van der Waals surface area (Å²) in [4.78, 5) is 12.9. The molecule has 2 aromatic rings. The van der Waals surface area contributed by atoms with Crippen LogP contribution in [0.25, 0.3) is 0 Å². The maximum Gasteiger partial charge on any atom is 0.323 e. The summed E-state index contributed by atoms with van der Waals surface area (Å²) in [5.74, 6) is -0.258. The van der Waals surface area contributed by atoms with Gasteiger partial charge in [-0.15, -0.1) is 11.8 Å². The fraction of sp³-hybridized carbons (Fsp3) is 0.133. The lowest BCUT2D eigenvalue weighted by Gasteiger charge is -2.14. The zero-order chi connectivity index (χ0) is 13.7. The number of rotatable bonds is 4. The summed E-state index contributed by atoms with van der Waals surface area (Å²) in [6.07, 6.45) is 0.